The number of anilines is 1. The van der Waals surface area contributed by atoms with E-state index < -0.39 is 0 Å². The number of nitrogens with zero attached hydrogens (tertiary/aromatic N) is 2. The zero-order valence-electron chi connectivity index (χ0n) is 14.7. The smallest absolute Gasteiger partial charge is 0.277 e. The van der Waals surface area contributed by atoms with Crippen LogP contribution < -0.4 is 5.32 Å². The van der Waals surface area contributed by atoms with Crippen molar-refractivity contribution in [3.05, 3.63) is 57.6 Å². The minimum absolute atomic E-state index is 0.112. The number of aryl methyl sites for hydroxylation is 3. The summed E-state index contributed by atoms with van der Waals surface area (Å²) < 4.78 is 6.62. The van der Waals surface area contributed by atoms with Gasteiger partial charge in [-0.05, 0) is 56.2 Å². The number of thioether (sulfide) groups is 1. The maximum Gasteiger partial charge on any atom is 0.277 e. The number of aromatic nitrogens is 2. The van der Waals surface area contributed by atoms with Gasteiger partial charge in [0, 0.05) is 15.7 Å². The highest BCUT2D eigenvalue weighted by Gasteiger charge is 2.13. The molecule has 3 rings (SSSR count). The summed E-state index contributed by atoms with van der Waals surface area (Å²) in [4.78, 5) is 12.3. The number of hydrogen-bond donors (Lipinski definition) is 1. The number of hydrogen-bond acceptors (Lipinski definition) is 5. The lowest BCUT2D eigenvalue weighted by molar-refractivity contribution is -0.113. The van der Waals surface area contributed by atoms with Gasteiger partial charge in [0.25, 0.3) is 5.22 Å². The number of benzene rings is 2. The van der Waals surface area contributed by atoms with E-state index in [9.17, 15) is 4.79 Å². The summed E-state index contributed by atoms with van der Waals surface area (Å²) >= 11 is 4.68. The van der Waals surface area contributed by atoms with Crippen LogP contribution in [0.25, 0.3) is 11.5 Å². The molecule has 0 radical (unpaired) electrons. The Labute approximate surface area is 164 Å². The SMILES string of the molecule is Cc1ccc(-c2nnc(SCC(=O)Nc3c(C)cc(Br)cc3C)o2)cc1. The fourth-order valence-electron chi connectivity index (χ4n) is 2.49. The van der Waals surface area contributed by atoms with Crippen LogP contribution >= 0.6 is 27.7 Å². The second-order valence-corrected chi connectivity index (χ2v) is 7.83. The second kappa shape index (κ2) is 8.05. The van der Waals surface area contributed by atoms with E-state index in [0.717, 1.165) is 32.4 Å². The van der Waals surface area contributed by atoms with Crippen molar-refractivity contribution >= 4 is 39.3 Å². The fraction of sp³-hybridized carbons (Fsp3) is 0.211. The van der Waals surface area contributed by atoms with Crippen LogP contribution in [0.1, 0.15) is 16.7 Å². The first-order valence-electron chi connectivity index (χ1n) is 8.02. The number of carbonyl (C=O) groups excluding carboxylic acids is 1. The van der Waals surface area contributed by atoms with Crippen molar-refractivity contribution in [1.82, 2.24) is 10.2 Å². The van der Waals surface area contributed by atoms with Crippen molar-refractivity contribution in [3.63, 3.8) is 0 Å². The van der Waals surface area contributed by atoms with E-state index in [2.05, 4.69) is 31.4 Å². The third-order valence-electron chi connectivity index (χ3n) is 3.79. The van der Waals surface area contributed by atoms with E-state index in [4.69, 9.17) is 4.42 Å². The van der Waals surface area contributed by atoms with Crippen LogP contribution in [-0.2, 0) is 4.79 Å². The highest BCUT2D eigenvalue weighted by Crippen LogP contribution is 2.26. The van der Waals surface area contributed by atoms with Crippen LogP contribution in [0.15, 0.2) is 50.5 Å². The summed E-state index contributed by atoms with van der Waals surface area (Å²) in [6.07, 6.45) is 0. The number of halogens is 1. The number of carbonyl (C=O) groups is 1. The lowest BCUT2D eigenvalue weighted by Crippen LogP contribution is -2.15. The van der Waals surface area contributed by atoms with Crippen LogP contribution in [0, 0.1) is 20.8 Å². The Morgan fingerprint density at radius 1 is 1.12 bits per heavy atom. The van der Waals surface area contributed by atoms with E-state index in [0.29, 0.717) is 11.1 Å². The monoisotopic (exact) mass is 431 g/mol. The molecular weight excluding hydrogens is 414 g/mol. The minimum Gasteiger partial charge on any atom is -0.411 e. The summed E-state index contributed by atoms with van der Waals surface area (Å²) in [6, 6.07) is 11.8. The molecule has 3 aromatic rings. The van der Waals surface area contributed by atoms with E-state index in [-0.39, 0.29) is 11.7 Å². The molecule has 26 heavy (non-hydrogen) atoms. The topological polar surface area (TPSA) is 68.0 Å². The Bertz CT molecular complexity index is 915. The fourth-order valence-corrected chi connectivity index (χ4v) is 3.74. The summed E-state index contributed by atoms with van der Waals surface area (Å²) in [5, 5.41) is 11.4. The van der Waals surface area contributed by atoms with Crippen LogP contribution in [0.4, 0.5) is 5.69 Å². The molecule has 0 fully saturated rings. The van der Waals surface area contributed by atoms with E-state index in [1.165, 1.54) is 11.8 Å². The molecule has 0 saturated carbocycles. The van der Waals surface area contributed by atoms with Gasteiger partial charge in [0.05, 0.1) is 5.75 Å². The molecule has 0 saturated heterocycles. The highest BCUT2D eigenvalue weighted by atomic mass is 79.9. The zero-order chi connectivity index (χ0) is 18.7. The molecular formula is C19H18BrN3O2S. The molecule has 5 nitrogen and oxygen atoms in total. The molecule has 0 spiro atoms. The first kappa shape index (κ1) is 18.7. The third-order valence-corrected chi connectivity index (χ3v) is 5.07. The Morgan fingerprint density at radius 3 is 2.42 bits per heavy atom. The third kappa shape index (κ3) is 4.53. The molecule has 0 aliphatic carbocycles. The van der Waals surface area contributed by atoms with Gasteiger partial charge in [0.15, 0.2) is 0 Å². The van der Waals surface area contributed by atoms with Crippen molar-refractivity contribution in [2.75, 3.05) is 11.1 Å². The van der Waals surface area contributed by atoms with Gasteiger partial charge in [0.1, 0.15) is 0 Å². The molecule has 1 heterocycles. The molecule has 7 heteroatoms. The first-order valence-corrected chi connectivity index (χ1v) is 9.80. The Kier molecular flexibility index (Phi) is 5.78. The van der Waals surface area contributed by atoms with Crippen molar-refractivity contribution < 1.29 is 9.21 Å². The average molecular weight is 432 g/mol. The van der Waals surface area contributed by atoms with Crippen molar-refractivity contribution in [1.29, 1.82) is 0 Å². The molecule has 0 unspecified atom stereocenters. The minimum atomic E-state index is -0.112. The van der Waals surface area contributed by atoms with Gasteiger partial charge in [-0.15, -0.1) is 10.2 Å². The number of rotatable bonds is 5. The maximum atomic E-state index is 12.3. The van der Waals surface area contributed by atoms with Crippen LogP contribution in [0.2, 0.25) is 0 Å². The van der Waals surface area contributed by atoms with Crippen LogP contribution in [0.5, 0.6) is 0 Å². The first-order chi connectivity index (χ1) is 12.4. The highest BCUT2D eigenvalue weighted by molar-refractivity contribution is 9.10. The molecule has 0 aliphatic rings. The van der Waals surface area contributed by atoms with Gasteiger partial charge in [-0.3, -0.25) is 4.79 Å². The van der Waals surface area contributed by atoms with Crippen molar-refractivity contribution in [3.8, 4) is 11.5 Å². The van der Waals surface area contributed by atoms with Crippen molar-refractivity contribution in [2.24, 2.45) is 0 Å². The van der Waals surface area contributed by atoms with Crippen LogP contribution in [-0.4, -0.2) is 21.9 Å². The quantitative estimate of drug-likeness (QED) is 0.565. The van der Waals surface area contributed by atoms with E-state index >= 15 is 0 Å². The zero-order valence-corrected chi connectivity index (χ0v) is 17.1. The summed E-state index contributed by atoms with van der Waals surface area (Å²) in [5.74, 6) is 0.538. The summed E-state index contributed by atoms with van der Waals surface area (Å²) in [7, 11) is 0. The molecule has 1 N–H and O–H groups in total. The molecule has 134 valence electrons. The maximum absolute atomic E-state index is 12.3. The standard InChI is InChI=1S/C19H18BrN3O2S/c1-11-4-6-14(7-5-11)18-22-23-19(25-18)26-10-16(24)21-17-12(2)8-15(20)9-13(17)3/h4-9H,10H2,1-3H3,(H,21,24). The van der Waals surface area contributed by atoms with Gasteiger partial charge in [-0.2, -0.15) is 0 Å². The van der Waals surface area contributed by atoms with E-state index in [1.807, 2.05) is 57.2 Å². The Hall–Kier alpha value is -2.12. The van der Waals surface area contributed by atoms with Crippen LogP contribution in [0.3, 0.4) is 0 Å². The molecule has 0 bridgehead atoms. The van der Waals surface area contributed by atoms with Crippen molar-refractivity contribution in [2.45, 2.75) is 26.0 Å². The average Bonchev–Trinajstić information content (AvgIpc) is 3.06. The normalized spacial score (nSPS) is 10.8. The summed E-state index contributed by atoms with van der Waals surface area (Å²) in [6.45, 7) is 5.95. The molecule has 2 aromatic carbocycles. The van der Waals surface area contributed by atoms with Gasteiger partial charge >= 0.3 is 0 Å². The lowest BCUT2D eigenvalue weighted by atomic mass is 10.1. The molecule has 1 amide bonds. The Morgan fingerprint density at radius 2 is 1.77 bits per heavy atom. The molecule has 0 aliphatic heterocycles. The Balaban J connectivity index is 1.61. The van der Waals surface area contributed by atoms with Gasteiger partial charge < -0.3 is 9.73 Å². The second-order valence-electron chi connectivity index (χ2n) is 5.99. The van der Waals surface area contributed by atoms with Gasteiger partial charge in [-0.1, -0.05) is 45.4 Å². The van der Waals surface area contributed by atoms with E-state index in [1.54, 1.807) is 0 Å². The number of nitrogens with one attached hydrogen (secondary N) is 1. The predicted octanol–water partition coefficient (Wildman–Crippen LogP) is 5.16. The largest absolute Gasteiger partial charge is 0.411 e. The summed E-state index contributed by atoms with van der Waals surface area (Å²) in [5.41, 5.74) is 4.88. The lowest BCUT2D eigenvalue weighted by Gasteiger charge is -2.11. The molecule has 1 aromatic heterocycles. The van der Waals surface area contributed by atoms with Gasteiger partial charge in [0.2, 0.25) is 11.8 Å². The predicted molar refractivity (Wildman–Crippen MR) is 107 cm³/mol. The number of amides is 1. The van der Waals surface area contributed by atoms with Gasteiger partial charge in [-0.25, -0.2) is 0 Å². The molecule has 0 atom stereocenters.